The molecule has 1 saturated heterocycles. The lowest BCUT2D eigenvalue weighted by Gasteiger charge is -2.33. The molecule has 6 atom stereocenters. The average molecular weight is 496 g/mol. The smallest absolute Gasteiger partial charge is 0.247 e. The molecular weight excluding hydrogens is 466 g/mol. The van der Waals surface area contributed by atoms with Crippen LogP contribution in [-0.4, -0.2) is 53.5 Å². The predicted octanol–water partition coefficient (Wildman–Crippen LogP) is 2.89. The van der Waals surface area contributed by atoms with Crippen LogP contribution in [0.25, 0.3) is 0 Å². The third kappa shape index (κ3) is 4.97. The van der Waals surface area contributed by atoms with Crippen molar-refractivity contribution in [2.24, 2.45) is 23.7 Å². The van der Waals surface area contributed by atoms with E-state index in [4.69, 9.17) is 11.6 Å². The molecule has 0 spiro atoms. The maximum atomic E-state index is 13.9. The predicted molar refractivity (Wildman–Crippen MR) is 135 cm³/mol. The number of carbonyl (C=O) groups is 3. The molecule has 8 heteroatoms. The molecule has 35 heavy (non-hydrogen) atoms. The Kier molecular flexibility index (Phi) is 7.57. The van der Waals surface area contributed by atoms with Crippen LogP contribution in [0.3, 0.4) is 0 Å². The van der Waals surface area contributed by atoms with Crippen LogP contribution < -0.4 is 10.6 Å². The first-order valence-electron chi connectivity index (χ1n) is 11.8. The van der Waals surface area contributed by atoms with Crippen LogP contribution in [0.15, 0.2) is 66.7 Å². The minimum atomic E-state index is -0.875. The summed E-state index contributed by atoms with van der Waals surface area (Å²) in [5.41, 5.74) is 1.49. The normalized spacial score (nSPS) is 26.2. The number of benzene rings is 2. The topological polar surface area (TPSA) is 98.7 Å². The molecular formula is C27H30ClN3O4. The van der Waals surface area contributed by atoms with Crippen molar-refractivity contribution < 1.29 is 19.5 Å². The first kappa shape index (κ1) is 24.9. The van der Waals surface area contributed by atoms with Crippen molar-refractivity contribution >= 4 is 35.0 Å². The zero-order chi connectivity index (χ0) is 25.1. The highest BCUT2D eigenvalue weighted by atomic mass is 35.5. The summed E-state index contributed by atoms with van der Waals surface area (Å²) in [4.78, 5) is 41.9. The van der Waals surface area contributed by atoms with E-state index < -0.39 is 29.8 Å². The molecule has 2 aromatic rings. The summed E-state index contributed by atoms with van der Waals surface area (Å²) < 4.78 is 0. The van der Waals surface area contributed by atoms with Crippen LogP contribution in [0.4, 0.5) is 5.69 Å². The molecule has 1 fully saturated rings. The highest BCUT2D eigenvalue weighted by molar-refractivity contribution is 6.30. The number of halogens is 1. The van der Waals surface area contributed by atoms with Gasteiger partial charge < -0.3 is 20.6 Å². The number of likely N-dealkylation sites (tertiary alicyclic amines) is 1. The van der Waals surface area contributed by atoms with Crippen molar-refractivity contribution in [1.29, 1.82) is 0 Å². The van der Waals surface area contributed by atoms with Gasteiger partial charge in [-0.1, -0.05) is 61.0 Å². The van der Waals surface area contributed by atoms with Crippen LogP contribution in [0.2, 0.25) is 5.02 Å². The minimum Gasteiger partial charge on any atom is -0.394 e. The van der Waals surface area contributed by atoms with Gasteiger partial charge >= 0.3 is 0 Å². The number of anilines is 1. The molecule has 2 aliphatic rings. The number of amides is 3. The highest BCUT2D eigenvalue weighted by Crippen LogP contribution is 2.45. The van der Waals surface area contributed by atoms with Gasteiger partial charge in [-0.2, -0.15) is 0 Å². The molecule has 0 bridgehead atoms. The molecule has 1 heterocycles. The number of aliphatic hydroxyl groups excluding tert-OH is 1. The maximum absolute atomic E-state index is 13.9. The van der Waals surface area contributed by atoms with Gasteiger partial charge in [0.15, 0.2) is 0 Å². The molecule has 0 saturated carbocycles. The molecule has 184 valence electrons. The van der Waals surface area contributed by atoms with Gasteiger partial charge in [-0.05, 0) is 42.2 Å². The van der Waals surface area contributed by atoms with Gasteiger partial charge in [0.05, 0.1) is 24.5 Å². The van der Waals surface area contributed by atoms with Crippen molar-refractivity contribution in [3.8, 4) is 0 Å². The Balaban J connectivity index is 1.73. The molecule has 1 aliphatic carbocycles. The molecule has 3 amide bonds. The van der Waals surface area contributed by atoms with Crippen molar-refractivity contribution in [2.45, 2.75) is 25.4 Å². The number of nitrogens with one attached hydrogen (secondary N) is 2. The van der Waals surface area contributed by atoms with E-state index in [0.717, 1.165) is 5.56 Å². The largest absolute Gasteiger partial charge is 0.394 e. The van der Waals surface area contributed by atoms with Crippen LogP contribution in [0.1, 0.15) is 12.5 Å². The zero-order valence-electron chi connectivity index (χ0n) is 19.7. The van der Waals surface area contributed by atoms with Gasteiger partial charge in [-0.3, -0.25) is 14.4 Å². The van der Waals surface area contributed by atoms with Crippen molar-refractivity contribution in [1.82, 2.24) is 10.2 Å². The lowest BCUT2D eigenvalue weighted by atomic mass is 9.70. The Morgan fingerprint density at radius 3 is 2.37 bits per heavy atom. The Morgan fingerprint density at radius 2 is 1.74 bits per heavy atom. The maximum Gasteiger partial charge on any atom is 0.247 e. The van der Waals surface area contributed by atoms with E-state index >= 15 is 0 Å². The molecule has 7 nitrogen and oxygen atoms in total. The molecule has 0 aromatic heterocycles. The quantitative estimate of drug-likeness (QED) is 0.514. The molecule has 3 N–H and O–H groups in total. The summed E-state index contributed by atoms with van der Waals surface area (Å²) in [6, 6.07) is 14.8. The number of aliphatic hydroxyl groups is 1. The second-order valence-electron chi connectivity index (χ2n) is 9.20. The number of fused-ring (bicyclic) bond motifs is 1. The van der Waals surface area contributed by atoms with Crippen LogP contribution in [-0.2, 0) is 20.8 Å². The number of allylic oxidation sites excluding steroid dienone is 1. The van der Waals surface area contributed by atoms with E-state index in [-0.39, 0.29) is 30.2 Å². The lowest BCUT2D eigenvalue weighted by Crippen LogP contribution is -2.51. The molecule has 2 aromatic carbocycles. The first-order valence-corrected chi connectivity index (χ1v) is 12.2. The van der Waals surface area contributed by atoms with E-state index in [1.807, 2.05) is 49.4 Å². The van der Waals surface area contributed by atoms with Gasteiger partial charge in [-0.15, -0.1) is 0 Å². The van der Waals surface area contributed by atoms with E-state index in [9.17, 15) is 19.5 Å². The summed E-state index contributed by atoms with van der Waals surface area (Å²) in [6.07, 6.45) is 4.18. The Labute approximate surface area is 210 Å². The SMILES string of the molecule is CNC(=O)[C@H]1[C@@H]2C(=O)N([C@@H](CO)Cc3ccccc3)[C@H](C(=O)Nc3ccc(Cl)cc3)[C@H]2C=C[C@H]1C. The van der Waals surface area contributed by atoms with Crippen molar-refractivity contribution in [3.63, 3.8) is 0 Å². The summed E-state index contributed by atoms with van der Waals surface area (Å²) >= 11 is 5.98. The molecule has 1 aliphatic heterocycles. The number of carbonyl (C=O) groups excluding carboxylic acids is 3. The standard InChI is InChI=1S/C27H30ClN3O4/c1-16-8-13-21-23(22(16)25(33)29-2)27(35)31(20(15-32)14-17-6-4-3-5-7-17)24(21)26(34)30-19-11-9-18(28)10-12-19/h3-13,16,20-24,32H,14-15H2,1-2H3,(H,29,33)(H,30,34)/t16-,20-,21+,22-,23-,24+/m1/s1. The van der Waals surface area contributed by atoms with Crippen LogP contribution >= 0.6 is 11.6 Å². The van der Waals surface area contributed by atoms with E-state index in [0.29, 0.717) is 17.1 Å². The summed E-state index contributed by atoms with van der Waals surface area (Å²) in [6.45, 7) is 1.59. The summed E-state index contributed by atoms with van der Waals surface area (Å²) in [5.74, 6) is -2.84. The highest BCUT2D eigenvalue weighted by Gasteiger charge is 2.57. The van der Waals surface area contributed by atoms with Gasteiger partial charge in [-0.25, -0.2) is 0 Å². The lowest BCUT2D eigenvalue weighted by molar-refractivity contribution is -0.142. The van der Waals surface area contributed by atoms with Crippen molar-refractivity contribution in [2.75, 3.05) is 19.0 Å². The fraction of sp³-hybridized carbons (Fsp3) is 0.370. The number of nitrogens with zero attached hydrogens (tertiary/aromatic N) is 1. The minimum absolute atomic E-state index is 0.165. The first-order chi connectivity index (χ1) is 16.8. The van der Waals surface area contributed by atoms with Gasteiger partial charge in [0.25, 0.3) is 0 Å². The average Bonchev–Trinajstić information content (AvgIpc) is 3.16. The Bertz CT molecular complexity index is 1110. The zero-order valence-corrected chi connectivity index (χ0v) is 20.5. The molecule has 4 rings (SSSR count). The van der Waals surface area contributed by atoms with E-state index in [1.54, 1.807) is 31.3 Å². The fourth-order valence-electron chi connectivity index (χ4n) is 5.39. The van der Waals surface area contributed by atoms with Crippen molar-refractivity contribution in [3.05, 3.63) is 77.3 Å². The Hall–Kier alpha value is -3.16. The monoisotopic (exact) mass is 495 g/mol. The second-order valence-corrected chi connectivity index (χ2v) is 9.64. The third-order valence-corrected chi connectivity index (χ3v) is 7.31. The van der Waals surface area contributed by atoms with E-state index in [2.05, 4.69) is 10.6 Å². The summed E-state index contributed by atoms with van der Waals surface area (Å²) in [7, 11) is 1.55. The van der Waals surface area contributed by atoms with Gasteiger partial charge in [0.1, 0.15) is 6.04 Å². The number of hydrogen-bond donors (Lipinski definition) is 3. The van der Waals surface area contributed by atoms with Gasteiger partial charge in [0, 0.05) is 23.7 Å². The molecule has 0 unspecified atom stereocenters. The van der Waals surface area contributed by atoms with Crippen LogP contribution in [0.5, 0.6) is 0 Å². The number of hydrogen-bond acceptors (Lipinski definition) is 4. The van der Waals surface area contributed by atoms with Gasteiger partial charge in [0.2, 0.25) is 17.7 Å². The third-order valence-electron chi connectivity index (χ3n) is 7.06. The molecule has 0 radical (unpaired) electrons. The number of rotatable bonds is 7. The summed E-state index contributed by atoms with van der Waals surface area (Å²) in [5, 5.41) is 16.5. The second kappa shape index (κ2) is 10.6. The van der Waals surface area contributed by atoms with E-state index in [1.165, 1.54) is 4.90 Å². The fourth-order valence-corrected chi connectivity index (χ4v) is 5.51. The Morgan fingerprint density at radius 1 is 1.06 bits per heavy atom. The van der Waals surface area contributed by atoms with Crippen LogP contribution in [0, 0.1) is 23.7 Å².